The van der Waals surface area contributed by atoms with E-state index in [1.54, 1.807) is 7.05 Å². The lowest BCUT2D eigenvalue weighted by Gasteiger charge is -2.15. The third-order valence-corrected chi connectivity index (χ3v) is 2.26. The van der Waals surface area contributed by atoms with Crippen molar-refractivity contribution in [1.82, 2.24) is 4.90 Å². The van der Waals surface area contributed by atoms with E-state index in [9.17, 15) is 13.6 Å². The van der Waals surface area contributed by atoms with Crippen LogP contribution >= 0.6 is 11.6 Å². The largest absolute Gasteiger partial charge is 0.435 e. The summed E-state index contributed by atoms with van der Waals surface area (Å²) < 4.78 is 28.0. The summed E-state index contributed by atoms with van der Waals surface area (Å²) in [7, 11) is 1.62. The van der Waals surface area contributed by atoms with Crippen molar-refractivity contribution in [1.29, 1.82) is 0 Å². The molecule has 6 heteroatoms. The predicted molar refractivity (Wildman–Crippen MR) is 60.8 cm³/mol. The van der Waals surface area contributed by atoms with Gasteiger partial charge in [0.25, 0.3) is 5.91 Å². The van der Waals surface area contributed by atoms with E-state index in [4.69, 9.17) is 11.6 Å². The highest BCUT2D eigenvalue weighted by Gasteiger charge is 2.11. The topological polar surface area (TPSA) is 29.5 Å². The van der Waals surface area contributed by atoms with Crippen LogP contribution in [0.4, 0.5) is 8.78 Å². The molecule has 0 spiro atoms. The van der Waals surface area contributed by atoms with Crippen molar-refractivity contribution < 1.29 is 18.3 Å². The van der Waals surface area contributed by atoms with Gasteiger partial charge in [0.05, 0.1) is 0 Å². The Hall–Kier alpha value is -1.36. The summed E-state index contributed by atoms with van der Waals surface area (Å²) in [5.41, 5.74) is 0.402. The molecule has 0 unspecified atom stereocenters. The summed E-state index contributed by atoms with van der Waals surface area (Å²) in [6, 6.07) is 5.53. The van der Waals surface area contributed by atoms with Gasteiger partial charge in [-0.3, -0.25) is 4.79 Å². The van der Waals surface area contributed by atoms with Gasteiger partial charge in [-0.25, -0.2) is 0 Å². The minimum atomic E-state index is -2.87. The van der Waals surface area contributed by atoms with Gasteiger partial charge < -0.3 is 9.64 Å². The smallest absolute Gasteiger partial charge is 0.387 e. The second-order valence-corrected chi connectivity index (χ2v) is 3.70. The van der Waals surface area contributed by atoms with Gasteiger partial charge in [0.15, 0.2) is 0 Å². The number of hydrogen-bond acceptors (Lipinski definition) is 2. The predicted octanol–water partition coefficient (Wildman–Crippen LogP) is 2.60. The lowest BCUT2D eigenvalue weighted by atomic mass is 10.2. The highest BCUT2D eigenvalue weighted by atomic mass is 35.5. The quantitative estimate of drug-likeness (QED) is 0.764. The van der Waals surface area contributed by atoms with E-state index >= 15 is 0 Å². The molecular weight excluding hydrogens is 252 g/mol. The van der Waals surface area contributed by atoms with Crippen molar-refractivity contribution in [2.75, 3.05) is 19.5 Å². The molecule has 0 aliphatic carbocycles. The van der Waals surface area contributed by atoms with E-state index in [0.29, 0.717) is 18.0 Å². The number of halogens is 3. The molecule has 1 rings (SSSR count). The Morgan fingerprint density at radius 1 is 1.41 bits per heavy atom. The fourth-order valence-electron chi connectivity index (χ4n) is 1.23. The fraction of sp³-hybridized carbons (Fsp3) is 0.364. The Morgan fingerprint density at radius 3 is 2.47 bits per heavy atom. The SMILES string of the molecule is CN(CCCl)C(=O)c1ccc(OC(F)F)cc1. The second-order valence-electron chi connectivity index (χ2n) is 3.32. The molecule has 0 fully saturated rings. The molecule has 3 nitrogen and oxygen atoms in total. The minimum absolute atomic E-state index is 0.0246. The Kier molecular flexibility index (Phi) is 5.15. The zero-order valence-corrected chi connectivity index (χ0v) is 9.95. The van der Waals surface area contributed by atoms with E-state index in [1.807, 2.05) is 0 Å². The van der Waals surface area contributed by atoms with Crippen LogP contribution in [0.2, 0.25) is 0 Å². The van der Waals surface area contributed by atoms with Crippen molar-refractivity contribution in [3.05, 3.63) is 29.8 Å². The van der Waals surface area contributed by atoms with Gasteiger partial charge in [-0.1, -0.05) is 0 Å². The number of hydrogen-bond donors (Lipinski definition) is 0. The van der Waals surface area contributed by atoms with Gasteiger partial charge in [0.1, 0.15) is 5.75 Å². The number of carbonyl (C=O) groups excluding carboxylic acids is 1. The van der Waals surface area contributed by atoms with Crippen molar-refractivity contribution in [3.8, 4) is 5.75 Å². The molecule has 0 aromatic heterocycles. The Labute approximate surface area is 103 Å². The molecule has 94 valence electrons. The lowest BCUT2D eigenvalue weighted by molar-refractivity contribution is -0.0498. The maximum Gasteiger partial charge on any atom is 0.387 e. The number of benzene rings is 1. The van der Waals surface area contributed by atoms with Gasteiger partial charge in [-0.2, -0.15) is 8.78 Å². The van der Waals surface area contributed by atoms with E-state index < -0.39 is 6.61 Å². The molecule has 17 heavy (non-hydrogen) atoms. The van der Waals surface area contributed by atoms with Crippen molar-refractivity contribution >= 4 is 17.5 Å². The third-order valence-electron chi connectivity index (χ3n) is 2.09. The first kappa shape index (κ1) is 13.7. The molecule has 1 aromatic rings. The molecule has 0 atom stereocenters. The maximum atomic E-state index is 11.9. The number of carbonyl (C=O) groups is 1. The monoisotopic (exact) mass is 263 g/mol. The average Bonchev–Trinajstić information content (AvgIpc) is 2.28. The fourth-order valence-corrected chi connectivity index (χ4v) is 1.48. The molecule has 0 saturated heterocycles. The van der Waals surface area contributed by atoms with E-state index in [0.717, 1.165) is 0 Å². The zero-order valence-electron chi connectivity index (χ0n) is 9.20. The number of ether oxygens (including phenoxy) is 1. The number of amides is 1. The molecular formula is C11H12ClF2NO2. The van der Waals surface area contributed by atoms with Crippen LogP contribution in [0.3, 0.4) is 0 Å². The number of nitrogens with zero attached hydrogens (tertiary/aromatic N) is 1. The van der Waals surface area contributed by atoms with Crippen LogP contribution in [-0.4, -0.2) is 36.9 Å². The maximum absolute atomic E-state index is 11.9. The lowest BCUT2D eigenvalue weighted by Crippen LogP contribution is -2.28. The number of rotatable bonds is 5. The summed E-state index contributed by atoms with van der Waals surface area (Å²) in [5, 5.41) is 0. The first-order valence-electron chi connectivity index (χ1n) is 4.91. The number of alkyl halides is 3. The van der Waals surface area contributed by atoms with Crippen LogP contribution in [0, 0.1) is 0 Å². The van der Waals surface area contributed by atoms with Crippen molar-refractivity contribution in [3.63, 3.8) is 0 Å². The Morgan fingerprint density at radius 2 is 2.00 bits per heavy atom. The highest BCUT2D eigenvalue weighted by molar-refractivity contribution is 6.18. The summed E-state index contributed by atoms with van der Waals surface area (Å²) in [5.74, 6) is 0.153. The van der Waals surface area contributed by atoms with Crippen LogP contribution in [0.1, 0.15) is 10.4 Å². The first-order valence-corrected chi connectivity index (χ1v) is 5.44. The Balaban J connectivity index is 2.70. The molecule has 0 heterocycles. The molecule has 0 aliphatic heterocycles. The van der Waals surface area contributed by atoms with E-state index in [1.165, 1.54) is 29.2 Å². The van der Waals surface area contributed by atoms with Crippen LogP contribution < -0.4 is 4.74 Å². The standard InChI is InChI=1S/C11H12ClF2NO2/c1-15(7-6-12)10(16)8-2-4-9(5-3-8)17-11(13)14/h2-5,11H,6-7H2,1H3. The first-order chi connectivity index (χ1) is 8.04. The van der Waals surface area contributed by atoms with Crippen LogP contribution in [0.5, 0.6) is 5.75 Å². The van der Waals surface area contributed by atoms with Crippen molar-refractivity contribution in [2.24, 2.45) is 0 Å². The summed E-state index contributed by atoms with van der Waals surface area (Å²) in [6.07, 6.45) is 0. The van der Waals surface area contributed by atoms with Gasteiger partial charge in [0.2, 0.25) is 0 Å². The zero-order chi connectivity index (χ0) is 12.8. The van der Waals surface area contributed by atoms with E-state index in [2.05, 4.69) is 4.74 Å². The van der Waals surface area contributed by atoms with Crippen molar-refractivity contribution in [2.45, 2.75) is 6.61 Å². The molecule has 0 bridgehead atoms. The van der Waals surface area contributed by atoms with Crippen LogP contribution in [0.15, 0.2) is 24.3 Å². The van der Waals surface area contributed by atoms with Crippen LogP contribution in [-0.2, 0) is 0 Å². The minimum Gasteiger partial charge on any atom is -0.435 e. The second kappa shape index (κ2) is 6.39. The average molecular weight is 264 g/mol. The molecule has 0 saturated carbocycles. The molecule has 1 amide bonds. The van der Waals surface area contributed by atoms with E-state index in [-0.39, 0.29) is 11.7 Å². The third kappa shape index (κ3) is 4.19. The highest BCUT2D eigenvalue weighted by Crippen LogP contribution is 2.15. The van der Waals surface area contributed by atoms with Gasteiger partial charge >= 0.3 is 6.61 Å². The molecule has 1 aromatic carbocycles. The van der Waals surface area contributed by atoms with Gasteiger partial charge in [-0.05, 0) is 24.3 Å². The van der Waals surface area contributed by atoms with Gasteiger partial charge in [0, 0.05) is 25.0 Å². The Bertz CT molecular complexity index is 370. The summed E-state index contributed by atoms with van der Waals surface area (Å²) in [6.45, 7) is -2.44. The summed E-state index contributed by atoms with van der Waals surface area (Å²) in [4.78, 5) is 13.2. The van der Waals surface area contributed by atoms with Gasteiger partial charge in [-0.15, -0.1) is 11.6 Å². The summed E-state index contributed by atoms with van der Waals surface area (Å²) >= 11 is 5.51. The molecule has 0 radical (unpaired) electrons. The molecule has 0 aliphatic rings. The molecule has 0 N–H and O–H groups in total. The normalized spacial score (nSPS) is 10.4. The van der Waals surface area contributed by atoms with Crippen LogP contribution in [0.25, 0.3) is 0 Å².